The number of fused-ring (bicyclic) bond motifs is 2. The average molecular weight is 353 g/mol. The summed E-state index contributed by atoms with van der Waals surface area (Å²) >= 11 is 0. The first-order chi connectivity index (χ1) is 12.7. The van der Waals surface area contributed by atoms with Crippen molar-refractivity contribution >= 4 is 5.78 Å². The van der Waals surface area contributed by atoms with E-state index in [4.69, 9.17) is 9.47 Å². The molecular weight excluding hydrogens is 330 g/mol. The van der Waals surface area contributed by atoms with Crippen molar-refractivity contribution < 1.29 is 14.3 Å². The molecule has 2 bridgehead atoms. The van der Waals surface area contributed by atoms with Crippen LogP contribution in [0.2, 0.25) is 0 Å². The fourth-order valence-corrected chi connectivity index (χ4v) is 4.04. The fraction of sp³-hybridized carbons (Fsp3) is 0.450. The molecule has 0 N–H and O–H groups in total. The minimum atomic E-state index is -0.00193. The molecule has 0 amide bonds. The van der Waals surface area contributed by atoms with Crippen molar-refractivity contribution in [1.82, 2.24) is 14.9 Å². The molecule has 2 atom stereocenters. The molecule has 0 radical (unpaired) electrons. The predicted octanol–water partition coefficient (Wildman–Crippen LogP) is 2.35. The molecule has 0 aliphatic carbocycles. The summed E-state index contributed by atoms with van der Waals surface area (Å²) < 4.78 is 10.7. The highest BCUT2D eigenvalue weighted by atomic mass is 16.5. The molecule has 3 heterocycles. The lowest BCUT2D eigenvalue weighted by molar-refractivity contribution is -0.0872. The summed E-state index contributed by atoms with van der Waals surface area (Å²) in [5.41, 5.74) is 1.86. The van der Waals surface area contributed by atoms with Crippen LogP contribution in [0.3, 0.4) is 0 Å². The molecule has 1 aromatic carbocycles. The van der Waals surface area contributed by atoms with Gasteiger partial charge in [-0.3, -0.25) is 9.69 Å². The third-order valence-electron chi connectivity index (χ3n) is 5.35. The lowest BCUT2D eigenvalue weighted by Crippen LogP contribution is -2.57. The van der Waals surface area contributed by atoms with Crippen LogP contribution >= 0.6 is 0 Å². The van der Waals surface area contributed by atoms with Crippen LogP contribution in [-0.2, 0) is 11.3 Å². The number of hydrogen-bond acceptors (Lipinski definition) is 6. The van der Waals surface area contributed by atoms with Gasteiger partial charge in [0.2, 0.25) is 0 Å². The van der Waals surface area contributed by atoms with Gasteiger partial charge in [0, 0.05) is 36.9 Å². The van der Waals surface area contributed by atoms with E-state index in [1.165, 1.54) is 12.7 Å². The maximum absolute atomic E-state index is 12.9. The number of hydrogen-bond donors (Lipinski definition) is 0. The van der Waals surface area contributed by atoms with Crippen LogP contribution < -0.4 is 4.74 Å². The Bertz CT molecular complexity index is 737. The normalized spacial score (nSPS) is 25.7. The first-order valence-corrected chi connectivity index (χ1v) is 9.02. The van der Waals surface area contributed by atoms with Crippen LogP contribution in [0.1, 0.15) is 28.8 Å². The highest BCUT2D eigenvalue weighted by Crippen LogP contribution is 2.34. The van der Waals surface area contributed by atoms with E-state index in [1.807, 2.05) is 6.07 Å². The van der Waals surface area contributed by atoms with E-state index in [1.54, 1.807) is 12.4 Å². The van der Waals surface area contributed by atoms with Gasteiger partial charge in [0.25, 0.3) is 0 Å². The Hall–Kier alpha value is -2.31. The molecule has 6 nitrogen and oxygen atoms in total. The van der Waals surface area contributed by atoms with Crippen LogP contribution in [0.4, 0.5) is 0 Å². The summed E-state index contributed by atoms with van der Waals surface area (Å²) in [4.78, 5) is 23.6. The van der Waals surface area contributed by atoms with Gasteiger partial charge in [-0.05, 0) is 18.4 Å². The molecule has 4 rings (SSSR count). The Morgan fingerprint density at radius 2 is 1.81 bits per heavy atom. The standard InChI is InChI=1S/C20H23N3O3/c1-25-20-21-9-16(10-22-20)19(24)15-7-17-12-26-13-18(8-15)23(17)11-14-5-3-2-4-6-14/h2-6,9-10,15,17-18H,7-8,11-13H2,1H3. The zero-order valence-corrected chi connectivity index (χ0v) is 14.9. The number of methoxy groups -OCH3 is 1. The minimum absolute atomic E-state index is 0.00193. The van der Waals surface area contributed by atoms with Crippen molar-refractivity contribution in [2.75, 3.05) is 20.3 Å². The van der Waals surface area contributed by atoms with Gasteiger partial charge < -0.3 is 9.47 Å². The molecule has 1 aromatic heterocycles. The number of benzene rings is 1. The molecular formula is C20H23N3O3. The third kappa shape index (κ3) is 3.48. The smallest absolute Gasteiger partial charge is 0.316 e. The van der Waals surface area contributed by atoms with Crippen molar-refractivity contribution in [3.8, 4) is 6.01 Å². The van der Waals surface area contributed by atoms with E-state index in [0.717, 1.165) is 19.4 Å². The van der Waals surface area contributed by atoms with Crippen molar-refractivity contribution in [2.45, 2.75) is 31.5 Å². The summed E-state index contributed by atoms with van der Waals surface area (Å²) in [7, 11) is 1.51. The van der Waals surface area contributed by atoms with Crippen molar-refractivity contribution in [3.05, 3.63) is 53.9 Å². The summed E-state index contributed by atoms with van der Waals surface area (Å²) in [6, 6.07) is 11.3. The zero-order valence-electron chi connectivity index (χ0n) is 14.9. The van der Waals surface area contributed by atoms with Crippen molar-refractivity contribution in [3.63, 3.8) is 0 Å². The number of ketones is 1. The Morgan fingerprint density at radius 3 is 2.42 bits per heavy atom. The second-order valence-corrected chi connectivity index (χ2v) is 6.99. The van der Waals surface area contributed by atoms with E-state index in [9.17, 15) is 4.79 Å². The number of carbonyl (C=O) groups is 1. The lowest BCUT2D eigenvalue weighted by atomic mass is 9.81. The van der Waals surface area contributed by atoms with Crippen LogP contribution in [0.15, 0.2) is 42.7 Å². The maximum Gasteiger partial charge on any atom is 0.316 e. The minimum Gasteiger partial charge on any atom is -0.467 e. The van der Waals surface area contributed by atoms with Gasteiger partial charge >= 0.3 is 6.01 Å². The number of morpholine rings is 1. The summed E-state index contributed by atoms with van der Waals surface area (Å²) in [6.07, 6.45) is 4.76. The SMILES string of the molecule is COc1ncc(C(=O)C2CC3COCC(C2)N3Cc2ccccc2)cn1. The van der Waals surface area contributed by atoms with Crippen LogP contribution in [-0.4, -0.2) is 53.1 Å². The topological polar surface area (TPSA) is 64.6 Å². The average Bonchev–Trinajstić information content (AvgIpc) is 2.68. The predicted molar refractivity (Wildman–Crippen MR) is 96.0 cm³/mol. The molecule has 2 aliphatic rings. The molecule has 2 aliphatic heterocycles. The van der Waals surface area contributed by atoms with Gasteiger partial charge in [0.15, 0.2) is 5.78 Å². The molecule has 2 aromatic rings. The Labute approximate surface area is 153 Å². The quantitative estimate of drug-likeness (QED) is 0.769. The first-order valence-electron chi connectivity index (χ1n) is 9.02. The van der Waals surface area contributed by atoms with Crippen LogP contribution in [0.5, 0.6) is 6.01 Å². The molecule has 0 saturated carbocycles. The van der Waals surface area contributed by atoms with E-state index in [2.05, 4.69) is 39.1 Å². The molecule has 2 fully saturated rings. The Balaban J connectivity index is 1.47. The van der Waals surface area contributed by atoms with Crippen LogP contribution in [0, 0.1) is 5.92 Å². The number of Topliss-reactive ketones (excluding diaryl/α,β-unsaturated/α-hetero) is 1. The Kier molecular flexibility index (Phi) is 4.95. The highest BCUT2D eigenvalue weighted by Gasteiger charge is 2.41. The van der Waals surface area contributed by atoms with Gasteiger partial charge in [-0.25, -0.2) is 9.97 Å². The van der Waals surface area contributed by atoms with Gasteiger partial charge in [-0.2, -0.15) is 0 Å². The van der Waals surface area contributed by atoms with Gasteiger partial charge in [-0.15, -0.1) is 0 Å². The summed E-state index contributed by atoms with van der Waals surface area (Å²) in [5, 5.41) is 0. The Morgan fingerprint density at radius 1 is 1.15 bits per heavy atom. The largest absolute Gasteiger partial charge is 0.467 e. The zero-order chi connectivity index (χ0) is 17.9. The second-order valence-electron chi connectivity index (χ2n) is 6.99. The van der Waals surface area contributed by atoms with Crippen molar-refractivity contribution in [2.24, 2.45) is 5.92 Å². The fourth-order valence-electron chi connectivity index (χ4n) is 4.04. The first kappa shape index (κ1) is 17.1. The van der Waals surface area contributed by atoms with E-state index >= 15 is 0 Å². The molecule has 136 valence electrons. The number of ether oxygens (including phenoxy) is 2. The van der Waals surface area contributed by atoms with Crippen molar-refractivity contribution in [1.29, 1.82) is 0 Å². The number of rotatable bonds is 5. The van der Waals surface area contributed by atoms with E-state index in [-0.39, 0.29) is 29.8 Å². The molecule has 0 spiro atoms. The number of aromatic nitrogens is 2. The lowest BCUT2D eigenvalue weighted by Gasteiger charge is -2.48. The number of nitrogens with zero attached hydrogens (tertiary/aromatic N) is 3. The van der Waals surface area contributed by atoms with Crippen LogP contribution in [0.25, 0.3) is 0 Å². The number of carbonyl (C=O) groups excluding carboxylic acids is 1. The monoisotopic (exact) mass is 353 g/mol. The van der Waals surface area contributed by atoms with Gasteiger partial charge in [0.1, 0.15) is 0 Å². The third-order valence-corrected chi connectivity index (χ3v) is 5.35. The highest BCUT2D eigenvalue weighted by molar-refractivity contribution is 5.97. The second kappa shape index (κ2) is 7.51. The summed E-state index contributed by atoms with van der Waals surface area (Å²) in [5.74, 6) is 0.127. The van der Waals surface area contributed by atoms with E-state index in [0.29, 0.717) is 18.8 Å². The molecule has 6 heteroatoms. The maximum atomic E-state index is 12.9. The molecule has 26 heavy (non-hydrogen) atoms. The van der Waals surface area contributed by atoms with Gasteiger partial charge in [-0.1, -0.05) is 30.3 Å². The molecule has 2 saturated heterocycles. The van der Waals surface area contributed by atoms with Gasteiger partial charge in [0.05, 0.1) is 25.9 Å². The summed E-state index contributed by atoms with van der Waals surface area (Å²) in [6.45, 7) is 2.28. The number of piperidine rings is 1. The van der Waals surface area contributed by atoms with E-state index < -0.39 is 0 Å². The molecule has 2 unspecified atom stereocenters.